The number of hydrogen-bond donors (Lipinski definition) is 2. The maximum Gasteiger partial charge on any atom is 0.215 e. The highest BCUT2D eigenvalue weighted by Gasteiger charge is 2.17. The van der Waals surface area contributed by atoms with E-state index < -0.39 is 15.3 Å². The maximum atomic E-state index is 11.6. The van der Waals surface area contributed by atoms with Gasteiger partial charge in [0.1, 0.15) is 0 Å². The van der Waals surface area contributed by atoms with Crippen LogP contribution in [-0.4, -0.2) is 26.8 Å². The van der Waals surface area contributed by atoms with Gasteiger partial charge < -0.3 is 5.73 Å². The number of hydrogen-bond acceptors (Lipinski definition) is 4. The maximum absolute atomic E-state index is 11.6. The second kappa shape index (κ2) is 6.11. The van der Waals surface area contributed by atoms with Gasteiger partial charge >= 0.3 is 0 Å². The summed E-state index contributed by atoms with van der Waals surface area (Å²) in [7, 11) is -3.26. The zero-order valence-electron chi connectivity index (χ0n) is 8.94. The second-order valence-electron chi connectivity index (χ2n) is 3.44. The molecule has 0 aliphatic heterocycles. The average Bonchev–Trinajstić information content (AvgIpc) is 2.62. The van der Waals surface area contributed by atoms with Gasteiger partial charge in [-0.05, 0) is 41.4 Å². The van der Waals surface area contributed by atoms with Gasteiger partial charge in [0, 0.05) is 18.0 Å². The van der Waals surface area contributed by atoms with E-state index >= 15 is 0 Å². The predicted molar refractivity (Wildman–Crippen MR) is 71.2 cm³/mol. The van der Waals surface area contributed by atoms with Crippen LogP contribution >= 0.6 is 27.3 Å². The quantitative estimate of drug-likeness (QED) is 0.828. The van der Waals surface area contributed by atoms with Crippen molar-refractivity contribution in [2.75, 3.05) is 13.1 Å². The summed E-state index contributed by atoms with van der Waals surface area (Å²) < 4.78 is 26.7. The van der Waals surface area contributed by atoms with E-state index in [1.807, 2.05) is 12.1 Å². The minimum Gasteiger partial charge on any atom is -0.329 e. The molecule has 1 aromatic heterocycles. The van der Waals surface area contributed by atoms with Crippen molar-refractivity contribution in [2.45, 2.75) is 18.6 Å². The van der Waals surface area contributed by atoms with Gasteiger partial charge in [-0.1, -0.05) is 0 Å². The molecule has 3 N–H and O–H groups in total. The van der Waals surface area contributed by atoms with Gasteiger partial charge in [-0.25, -0.2) is 13.1 Å². The van der Waals surface area contributed by atoms with E-state index in [-0.39, 0.29) is 6.54 Å². The van der Waals surface area contributed by atoms with E-state index in [0.717, 1.165) is 8.66 Å². The smallest absolute Gasteiger partial charge is 0.215 e. The molecule has 0 fully saturated rings. The van der Waals surface area contributed by atoms with Gasteiger partial charge in [-0.2, -0.15) is 0 Å². The van der Waals surface area contributed by atoms with E-state index in [2.05, 4.69) is 20.7 Å². The highest BCUT2D eigenvalue weighted by atomic mass is 79.9. The summed E-state index contributed by atoms with van der Waals surface area (Å²) >= 11 is 4.97. The highest BCUT2D eigenvalue weighted by Crippen LogP contribution is 2.22. The lowest BCUT2D eigenvalue weighted by molar-refractivity contribution is 0.569. The van der Waals surface area contributed by atoms with Crippen molar-refractivity contribution in [3.63, 3.8) is 0 Å². The monoisotopic (exact) mass is 326 g/mol. The topological polar surface area (TPSA) is 72.2 Å². The van der Waals surface area contributed by atoms with E-state index in [1.165, 1.54) is 0 Å². The van der Waals surface area contributed by atoms with Gasteiger partial charge in [0.2, 0.25) is 10.0 Å². The molecule has 7 heteroatoms. The van der Waals surface area contributed by atoms with Crippen LogP contribution in [0.1, 0.15) is 11.8 Å². The molecule has 1 rings (SSSR count). The summed E-state index contributed by atoms with van der Waals surface area (Å²) in [5.74, 6) is 0. The van der Waals surface area contributed by atoms with E-state index in [1.54, 1.807) is 18.3 Å². The molecule has 1 atom stereocenters. The molecule has 0 bridgehead atoms. The molecule has 0 amide bonds. The van der Waals surface area contributed by atoms with Crippen LogP contribution in [0.5, 0.6) is 0 Å². The fraction of sp³-hybridized carbons (Fsp3) is 0.556. The Bertz CT molecular complexity index is 430. The third-order valence-corrected chi connectivity index (χ3v) is 5.71. The molecular formula is C9H15BrN2O2S2. The Morgan fingerprint density at radius 2 is 2.25 bits per heavy atom. The number of thiophene rings is 1. The largest absolute Gasteiger partial charge is 0.329 e. The molecule has 0 spiro atoms. The van der Waals surface area contributed by atoms with Crippen molar-refractivity contribution < 1.29 is 8.42 Å². The van der Waals surface area contributed by atoms with Gasteiger partial charge in [0.15, 0.2) is 0 Å². The number of rotatable bonds is 6. The molecule has 0 saturated heterocycles. The Morgan fingerprint density at radius 3 is 2.75 bits per heavy atom. The number of nitrogens with one attached hydrogen (secondary N) is 1. The van der Waals surface area contributed by atoms with Crippen LogP contribution in [0.2, 0.25) is 0 Å². The van der Waals surface area contributed by atoms with Crippen molar-refractivity contribution in [2.24, 2.45) is 5.73 Å². The average molecular weight is 327 g/mol. The number of halogens is 1. The number of sulfonamides is 1. The lowest BCUT2D eigenvalue weighted by Crippen LogP contribution is -2.37. The molecule has 4 nitrogen and oxygen atoms in total. The van der Waals surface area contributed by atoms with Crippen LogP contribution in [0.25, 0.3) is 0 Å². The van der Waals surface area contributed by atoms with Crippen LogP contribution in [-0.2, 0) is 16.4 Å². The molecule has 0 aliphatic rings. The van der Waals surface area contributed by atoms with E-state index in [0.29, 0.717) is 13.0 Å². The van der Waals surface area contributed by atoms with Crippen LogP contribution in [0.15, 0.2) is 15.9 Å². The first-order valence-electron chi connectivity index (χ1n) is 4.88. The molecule has 16 heavy (non-hydrogen) atoms. The van der Waals surface area contributed by atoms with Crippen LogP contribution in [0.3, 0.4) is 0 Å². The normalized spacial score (nSPS) is 13.9. The fourth-order valence-corrected chi connectivity index (χ4v) is 3.48. The van der Waals surface area contributed by atoms with Crippen LogP contribution in [0, 0.1) is 0 Å². The van der Waals surface area contributed by atoms with Gasteiger partial charge in [0.25, 0.3) is 0 Å². The van der Waals surface area contributed by atoms with Gasteiger partial charge in [-0.3, -0.25) is 0 Å². The van der Waals surface area contributed by atoms with Crippen molar-refractivity contribution in [3.05, 3.63) is 20.8 Å². The first-order valence-corrected chi connectivity index (χ1v) is 8.04. The summed E-state index contributed by atoms with van der Waals surface area (Å²) in [5.41, 5.74) is 5.32. The minimum atomic E-state index is -3.26. The fourth-order valence-electron chi connectivity index (χ4n) is 1.07. The third kappa shape index (κ3) is 4.14. The molecule has 1 aromatic rings. The molecule has 0 radical (unpaired) electrons. The first kappa shape index (κ1) is 14.1. The minimum absolute atomic E-state index is 0.139. The molecule has 92 valence electrons. The van der Waals surface area contributed by atoms with Crippen molar-refractivity contribution in [1.29, 1.82) is 0 Å². The van der Waals surface area contributed by atoms with E-state index in [9.17, 15) is 8.42 Å². The highest BCUT2D eigenvalue weighted by molar-refractivity contribution is 9.11. The Morgan fingerprint density at radius 1 is 1.56 bits per heavy atom. The van der Waals surface area contributed by atoms with Gasteiger partial charge in [-0.15, -0.1) is 11.3 Å². The van der Waals surface area contributed by atoms with Crippen molar-refractivity contribution >= 4 is 37.3 Å². The molecule has 1 unspecified atom stereocenters. The SMILES string of the molecule is CC(CN)S(=O)(=O)NCCc1ccc(Br)s1. The van der Waals surface area contributed by atoms with Crippen LogP contribution in [0.4, 0.5) is 0 Å². The summed E-state index contributed by atoms with van der Waals surface area (Å²) in [4.78, 5) is 1.15. The van der Waals surface area contributed by atoms with E-state index in [4.69, 9.17) is 5.73 Å². The Balaban J connectivity index is 2.41. The Hall–Kier alpha value is 0.0500. The van der Waals surface area contributed by atoms with Gasteiger partial charge in [0.05, 0.1) is 9.04 Å². The molecule has 0 aliphatic carbocycles. The summed E-state index contributed by atoms with van der Waals surface area (Å²) in [6.07, 6.45) is 0.701. The first-order chi connectivity index (χ1) is 7.45. The molecule has 1 heterocycles. The lowest BCUT2D eigenvalue weighted by Gasteiger charge is -2.11. The van der Waals surface area contributed by atoms with Crippen molar-refractivity contribution in [3.8, 4) is 0 Å². The third-order valence-electron chi connectivity index (χ3n) is 2.17. The molecule has 0 aromatic carbocycles. The van der Waals surface area contributed by atoms with Crippen LogP contribution < -0.4 is 10.5 Å². The zero-order chi connectivity index (χ0) is 12.2. The zero-order valence-corrected chi connectivity index (χ0v) is 12.2. The second-order valence-corrected chi connectivity index (χ2v) is 8.17. The molecular weight excluding hydrogens is 312 g/mol. The lowest BCUT2D eigenvalue weighted by atomic mass is 10.3. The Labute approximate surface area is 108 Å². The standard InChI is InChI=1S/C9H15BrN2O2S2/c1-7(6-11)16(13,14)12-5-4-8-2-3-9(10)15-8/h2-3,7,12H,4-6,11H2,1H3. The summed E-state index contributed by atoms with van der Waals surface area (Å²) in [6, 6.07) is 3.94. The molecule has 0 saturated carbocycles. The predicted octanol–water partition coefficient (Wildman–Crippen LogP) is 1.32. The summed E-state index contributed by atoms with van der Waals surface area (Å²) in [5, 5.41) is -0.539. The number of nitrogens with two attached hydrogens (primary N) is 1. The van der Waals surface area contributed by atoms with Crippen molar-refractivity contribution in [1.82, 2.24) is 4.72 Å². The Kier molecular flexibility index (Phi) is 5.39. The summed E-state index contributed by atoms with van der Waals surface area (Å²) in [6.45, 7) is 2.16.